The number of hydrogen-bond donors (Lipinski definition) is 2. The fraction of sp³-hybridized carbons (Fsp3) is 0.300. The molecule has 0 spiro atoms. The van der Waals surface area contributed by atoms with Gasteiger partial charge in [0.2, 0.25) is 5.91 Å². The number of anilines is 2. The van der Waals surface area contributed by atoms with Crippen molar-refractivity contribution in [1.29, 1.82) is 0 Å². The van der Waals surface area contributed by atoms with Gasteiger partial charge in [-0.1, -0.05) is 24.3 Å². The van der Waals surface area contributed by atoms with E-state index in [0.29, 0.717) is 11.3 Å². The van der Waals surface area contributed by atoms with Crippen LogP contribution < -0.4 is 15.5 Å². The number of rotatable bonds is 4. The Hall–Kier alpha value is -2.37. The highest BCUT2D eigenvalue weighted by atomic mass is 35.5. The summed E-state index contributed by atoms with van der Waals surface area (Å²) in [7, 11) is 1.75. The molecule has 0 saturated carbocycles. The lowest BCUT2D eigenvalue weighted by Crippen LogP contribution is -2.34. The predicted octanol–water partition coefficient (Wildman–Crippen LogP) is 3.32. The van der Waals surface area contributed by atoms with Gasteiger partial charge in [0.05, 0.1) is 0 Å². The fourth-order valence-electron chi connectivity index (χ4n) is 3.02. The van der Waals surface area contributed by atoms with Crippen molar-refractivity contribution in [3.8, 4) is 0 Å². The van der Waals surface area contributed by atoms with Crippen LogP contribution in [0.1, 0.15) is 23.2 Å². The summed E-state index contributed by atoms with van der Waals surface area (Å²) in [5, 5.41) is 6.20. The molecule has 1 fully saturated rings. The van der Waals surface area contributed by atoms with Crippen molar-refractivity contribution in [3.05, 3.63) is 60.2 Å². The SMILES string of the molecule is CN(C(=O)c1cccc(NC(=O)C2CCNCC2)c1)c1ccccc1.Cl. The Morgan fingerprint density at radius 1 is 1.04 bits per heavy atom. The quantitative estimate of drug-likeness (QED) is 0.864. The zero-order valence-corrected chi connectivity index (χ0v) is 15.6. The number of nitrogens with one attached hydrogen (secondary N) is 2. The van der Waals surface area contributed by atoms with Crippen LogP contribution in [0.25, 0.3) is 0 Å². The molecule has 1 heterocycles. The number of piperidine rings is 1. The van der Waals surface area contributed by atoms with Gasteiger partial charge >= 0.3 is 0 Å². The van der Waals surface area contributed by atoms with Crippen molar-refractivity contribution in [2.24, 2.45) is 5.92 Å². The number of carbonyl (C=O) groups excluding carboxylic acids is 2. The van der Waals surface area contributed by atoms with Crippen molar-refractivity contribution in [1.82, 2.24) is 5.32 Å². The summed E-state index contributed by atoms with van der Waals surface area (Å²) in [4.78, 5) is 26.7. The Balaban J connectivity index is 0.00000243. The zero-order chi connectivity index (χ0) is 17.6. The largest absolute Gasteiger partial charge is 0.326 e. The van der Waals surface area contributed by atoms with E-state index in [9.17, 15) is 9.59 Å². The highest BCUT2D eigenvalue weighted by molar-refractivity contribution is 6.06. The molecule has 1 aliphatic rings. The van der Waals surface area contributed by atoms with Crippen LogP contribution in [0.3, 0.4) is 0 Å². The second kappa shape index (κ2) is 9.36. The minimum absolute atomic E-state index is 0. The van der Waals surface area contributed by atoms with Crippen LogP contribution >= 0.6 is 12.4 Å². The van der Waals surface area contributed by atoms with E-state index in [1.165, 1.54) is 0 Å². The Labute approximate surface area is 160 Å². The number of para-hydroxylation sites is 1. The van der Waals surface area contributed by atoms with E-state index in [1.54, 1.807) is 30.1 Å². The third-order valence-electron chi connectivity index (χ3n) is 4.54. The van der Waals surface area contributed by atoms with Gasteiger partial charge in [-0.2, -0.15) is 0 Å². The lowest BCUT2D eigenvalue weighted by molar-refractivity contribution is -0.120. The van der Waals surface area contributed by atoms with E-state index in [1.807, 2.05) is 36.4 Å². The van der Waals surface area contributed by atoms with Crippen LogP contribution in [0.2, 0.25) is 0 Å². The number of halogens is 1. The molecule has 1 saturated heterocycles. The minimum Gasteiger partial charge on any atom is -0.326 e. The predicted molar refractivity (Wildman–Crippen MR) is 107 cm³/mol. The molecule has 1 aliphatic heterocycles. The van der Waals surface area contributed by atoms with Gasteiger partial charge in [-0.3, -0.25) is 9.59 Å². The molecule has 5 nitrogen and oxygen atoms in total. The van der Waals surface area contributed by atoms with E-state index < -0.39 is 0 Å². The third kappa shape index (κ3) is 4.84. The molecule has 2 aromatic rings. The van der Waals surface area contributed by atoms with Crippen LogP contribution in [0.5, 0.6) is 0 Å². The summed E-state index contributed by atoms with van der Waals surface area (Å²) >= 11 is 0. The minimum atomic E-state index is -0.107. The normalized spacial score (nSPS) is 14.2. The molecular weight excluding hydrogens is 350 g/mol. The van der Waals surface area contributed by atoms with E-state index in [4.69, 9.17) is 0 Å². The van der Waals surface area contributed by atoms with E-state index in [-0.39, 0.29) is 30.1 Å². The first kappa shape index (κ1) is 19.9. The Morgan fingerprint density at radius 2 is 1.73 bits per heavy atom. The first-order valence-corrected chi connectivity index (χ1v) is 8.60. The van der Waals surface area contributed by atoms with Crippen LogP contribution in [0, 0.1) is 5.92 Å². The lowest BCUT2D eigenvalue weighted by Gasteiger charge is -2.22. The summed E-state index contributed by atoms with van der Waals surface area (Å²) in [6.07, 6.45) is 1.70. The summed E-state index contributed by atoms with van der Waals surface area (Å²) in [5.41, 5.74) is 2.04. The molecule has 2 N–H and O–H groups in total. The highest BCUT2D eigenvalue weighted by Crippen LogP contribution is 2.19. The van der Waals surface area contributed by atoms with Crippen molar-refractivity contribution in [3.63, 3.8) is 0 Å². The Bertz CT molecular complexity index is 746. The number of amides is 2. The summed E-state index contributed by atoms with van der Waals surface area (Å²) in [6.45, 7) is 1.75. The van der Waals surface area contributed by atoms with Gasteiger partial charge in [-0.15, -0.1) is 12.4 Å². The summed E-state index contributed by atoms with van der Waals surface area (Å²) in [5.74, 6) is -0.0423. The van der Waals surface area contributed by atoms with Crippen molar-refractivity contribution in [2.75, 3.05) is 30.4 Å². The van der Waals surface area contributed by atoms with Crippen LogP contribution in [-0.4, -0.2) is 32.0 Å². The topological polar surface area (TPSA) is 61.4 Å². The number of benzene rings is 2. The fourth-order valence-corrected chi connectivity index (χ4v) is 3.02. The van der Waals surface area contributed by atoms with Gasteiger partial charge in [0.1, 0.15) is 0 Å². The molecule has 3 rings (SSSR count). The third-order valence-corrected chi connectivity index (χ3v) is 4.54. The summed E-state index contributed by atoms with van der Waals surface area (Å²) in [6, 6.07) is 16.6. The van der Waals surface area contributed by atoms with Gasteiger partial charge in [-0.25, -0.2) is 0 Å². The van der Waals surface area contributed by atoms with Crippen LogP contribution in [0.15, 0.2) is 54.6 Å². The molecule has 0 bridgehead atoms. The average molecular weight is 374 g/mol. The molecule has 0 atom stereocenters. The molecule has 0 aliphatic carbocycles. The van der Waals surface area contributed by atoms with Crippen molar-refractivity contribution in [2.45, 2.75) is 12.8 Å². The van der Waals surface area contributed by atoms with Crippen molar-refractivity contribution < 1.29 is 9.59 Å². The Morgan fingerprint density at radius 3 is 2.42 bits per heavy atom. The van der Waals surface area contributed by atoms with Crippen LogP contribution in [-0.2, 0) is 4.79 Å². The van der Waals surface area contributed by atoms with E-state index in [2.05, 4.69) is 10.6 Å². The highest BCUT2D eigenvalue weighted by Gasteiger charge is 2.21. The van der Waals surface area contributed by atoms with Gasteiger partial charge in [0.25, 0.3) is 5.91 Å². The molecule has 6 heteroatoms. The average Bonchev–Trinajstić information content (AvgIpc) is 2.68. The maximum atomic E-state index is 12.7. The van der Waals surface area contributed by atoms with Gasteiger partial charge in [-0.05, 0) is 56.3 Å². The van der Waals surface area contributed by atoms with Crippen molar-refractivity contribution >= 4 is 35.6 Å². The molecule has 138 valence electrons. The molecule has 2 amide bonds. The number of hydrogen-bond acceptors (Lipinski definition) is 3. The monoisotopic (exact) mass is 373 g/mol. The maximum absolute atomic E-state index is 12.7. The first-order valence-electron chi connectivity index (χ1n) is 8.60. The smallest absolute Gasteiger partial charge is 0.258 e. The second-order valence-electron chi connectivity index (χ2n) is 6.29. The van der Waals surface area contributed by atoms with E-state index >= 15 is 0 Å². The molecular formula is C20H24ClN3O2. The Kier molecular flexibility index (Phi) is 7.18. The zero-order valence-electron chi connectivity index (χ0n) is 14.8. The van der Waals surface area contributed by atoms with Crippen LogP contribution in [0.4, 0.5) is 11.4 Å². The molecule has 0 radical (unpaired) electrons. The maximum Gasteiger partial charge on any atom is 0.258 e. The van der Waals surface area contributed by atoms with E-state index in [0.717, 1.165) is 31.6 Å². The molecule has 2 aromatic carbocycles. The standard InChI is InChI=1S/C20H23N3O2.ClH/c1-23(18-8-3-2-4-9-18)20(25)16-6-5-7-17(14-16)22-19(24)15-10-12-21-13-11-15;/h2-9,14-15,21H,10-13H2,1H3,(H,22,24);1H. The lowest BCUT2D eigenvalue weighted by atomic mass is 9.97. The molecule has 26 heavy (non-hydrogen) atoms. The van der Waals surface area contributed by atoms with Gasteiger partial charge in [0.15, 0.2) is 0 Å². The summed E-state index contributed by atoms with van der Waals surface area (Å²) < 4.78 is 0. The van der Waals surface area contributed by atoms with Gasteiger partial charge in [0, 0.05) is 29.9 Å². The molecule has 0 unspecified atom stereocenters. The number of carbonyl (C=O) groups is 2. The van der Waals surface area contributed by atoms with Gasteiger partial charge < -0.3 is 15.5 Å². The molecule has 0 aromatic heterocycles. The number of nitrogens with zero attached hydrogens (tertiary/aromatic N) is 1. The second-order valence-corrected chi connectivity index (χ2v) is 6.29. The first-order chi connectivity index (χ1) is 12.1.